The first kappa shape index (κ1) is 25.4. The third kappa shape index (κ3) is 4.98. The average molecular weight is 548 g/mol. The van der Waals surface area contributed by atoms with Crippen LogP contribution in [-0.4, -0.2) is 22.1 Å². The van der Waals surface area contributed by atoms with E-state index >= 15 is 0 Å². The lowest BCUT2D eigenvalue weighted by Crippen LogP contribution is -2.39. The van der Waals surface area contributed by atoms with Crippen LogP contribution >= 0.6 is 23.1 Å². The van der Waals surface area contributed by atoms with Gasteiger partial charge in [-0.15, -0.1) is 0 Å². The van der Waals surface area contributed by atoms with Crippen molar-refractivity contribution in [2.24, 2.45) is 4.99 Å². The number of allylic oxidation sites excluding steroid dienone is 1. The van der Waals surface area contributed by atoms with E-state index in [9.17, 15) is 19.7 Å². The number of thiazole rings is 1. The number of ether oxygens (including phenoxy) is 1. The monoisotopic (exact) mass is 547 g/mol. The average Bonchev–Trinajstić information content (AvgIpc) is 3.47. The van der Waals surface area contributed by atoms with E-state index in [2.05, 4.69) is 4.99 Å². The van der Waals surface area contributed by atoms with Crippen LogP contribution < -0.4 is 14.9 Å². The number of hydrogen-bond acceptors (Lipinski definition) is 9. The molecule has 0 saturated carbocycles. The fraction of sp³-hybridized carbons (Fsp3) is 0.148. The standard InChI is InChI=1S/C27H21N3O6S2/c1-3-35-26(32)23-16(2)28-27-29(24(23)17-9-11-18(12-10-17)30(33)34)25(31)21(38-27)15-19-13-14-22(36-19)37-20-7-5-4-6-8-20/h4-15,24H,3H2,1-2H3/b21-15+/t24-/m0/s1. The van der Waals surface area contributed by atoms with Gasteiger partial charge in [-0.1, -0.05) is 41.3 Å². The molecule has 0 unspecified atom stereocenters. The summed E-state index contributed by atoms with van der Waals surface area (Å²) in [5, 5.41) is 11.9. The molecule has 0 N–H and O–H groups in total. The van der Waals surface area contributed by atoms with Crippen molar-refractivity contribution < 1.29 is 18.9 Å². The summed E-state index contributed by atoms with van der Waals surface area (Å²) in [6.45, 7) is 3.52. The van der Waals surface area contributed by atoms with Crippen molar-refractivity contribution in [3.63, 3.8) is 0 Å². The Morgan fingerprint density at radius 3 is 2.61 bits per heavy atom. The zero-order valence-corrected chi connectivity index (χ0v) is 22.0. The largest absolute Gasteiger partial charge is 0.463 e. The minimum atomic E-state index is -0.853. The van der Waals surface area contributed by atoms with Gasteiger partial charge in [-0.2, -0.15) is 0 Å². The summed E-state index contributed by atoms with van der Waals surface area (Å²) in [5.41, 5.74) is 0.695. The van der Waals surface area contributed by atoms with Gasteiger partial charge in [-0.25, -0.2) is 9.79 Å². The van der Waals surface area contributed by atoms with Crippen molar-refractivity contribution in [2.75, 3.05) is 6.61 Å². The maximum Gasteiger partial charge on any atom is 0.338 e. The van der Waals surface area contributed by atoms with Gasteiger partial charge in [0.2, 0.25) is 0 Å². The number of non-ortho nitro benzene ring substituents is 1. The summed E-state index contributed by atoms with van der Waals surface area (Å²) in [6.07, 6.45) is 1.65. The van der Waals surface area contributed by atoms with Crippen LogP contribution in [0.1, 0.15) is 31.2 Å². The number of aromatic nitrogens is 1. The number of carbonyl (C=O) groups is 1. The second kappa shape index (κ2) is 10.6. The zero-order valence-electron chi connectivity index (χ0n) is 20.3. The van der Waals surface area contributed by atoms with Crippen LogP contribution in [0, 0.1) is 10.1 Å². The first-order valence-electron chi connectivity index (χ1n) is 11.6. The first-order chi connectivity index (χ1) is 18.4. The lowest BCUT2D eigenvalue weighted by atomic mass is 9.95. The molecule has 0 fully saturated rings. The molecule has 2 aromatic carbocycles. The molecule has 9 nitrogen and oxygen atoms in total. The highest BCUT2D eigenvalue weighted by atomic mass is 32.2. The molecule has 192 valence electrons. The summed E-state index contributed by atoms with van der Waals surface area (Å²) < 4.78 is 13.0. The van der Waals surface area contributed by atoms with Crippen molar-refractivity contribution in [3.05, 3.63) is 119 Å². The number of rotatable bonds is 7. The summed E-state index contributed by atoms with van der Waals surface area (Å²) in [4.78, 5) is 43.2. The fourth-order valence-electron chi connectivity index (χ4n) is 4.09. The van der Waals surface area contributed by atoms with Gasteiger partial charge in [-0.05, 0) is 55.8 Å². The van der Waals surface area contributed by atoms with Crippen LogP contribution in [0.3, 0.4) is 0 Å². The summed E-state index contributed by atoms with van der Waals surface area (Å²) in [6, 6.07) is 18.3. The number of furan rings is 1. The Balaban J connectivity index is 1.59. The van der Waals surface area contributed by atoms with Crippen molar-refractivity contribution in [3.8, 4) is 0 Å². The molecule has 0 saturated heterocycles. The van der Waals surface area contributed by atoms with Gasteiger partial charge >= 0.3 is 5.97 Å². The highest BCUT2D eigenvalue weighted by molar-refractivity contribution is 7.99. The predicted molar refractivity (Wildman–Crippen MR) is 143 cm³/mol. The number of carbonyl (C=O) groups excluding carboxylic acids is 1. The third-order valence-electron chi connectivity index (χ3n) is 5.77. The van der Waals surface area contributed by atoms with Crippen molar-refractivity contribution in [2.45, 2.75) is 29.9 Å². The van der Waals surface area contributed by atoms with E-state index < -0.39 is 16.9 Å². The molecule has 0 aliphatic carbocycles. The molecule has 1 aliphatic heterocycles. The number of nitro benzene ring substituents is 1. The predicted octanol–water partition coefficient (Wildman–Crippen LogP) is 4.45. The number of hydrogen-bond donors (Lipinski definition) is 0. The second-order valence-corrected chi connectivity index (χ2v) is 10.3. The number of nitrogens with zero attached hydrogens (tertiary/aromatic N) is 3. The van der Waals surface area contributed by atoms with E-state index in [-0.39, 0.29) is 23.4 Å². The molecular formula is C27H21N3O6S2. The molecule has 0 radical (unpaired) electrons. The van der Waals surface area contributed by atoms with Gasteiger partial charge in [0.25, 0.3) is 11.2 Å². The minimum absolute atomic E-state index is 0.0958. The van der Waals surface area contributed by atoms with Gasteiger partial charge in [-0.3, -0.25) is 19.5 Å². The van der Waals surface area contributed by atoms with E-state index in [1.165, 1.54) is 51.9 Å². The molecule has 11 heteroatoms. The van der Waals surface area contributed by atoms with E-state index in [0.29, 0.717) is 31.4 Å². The van der Waals surface area contributed by atoms with E-state index in [1.807, 2.05) is 36.4 Å². The highest BCUT2D eigenvalue weighted by Gasteiger charge is 2.33. The van der Waals surface area contributed by atoms with Gasteiger partial charge in [0.05, 0.1) is 33.4 Å². The van der Waals surface area contributed by atoms with E-state index in [4.69, 9.17) is 9.15 Å². The Hall–Kier alpha value is -4.22. The Morgan fingerprint density at radius 1 is 1.18 bits per heavy atom. The summed E-state index contributed by atoms with van der Waals surface area (Å²) >= 11 is 2.64. The molecule has 4 aromatic rings. The maximum atomic E-state index is 13.7. The van der Waals surface area contributed by atoms with Crippen LogP contribution in [0.2, 0.25) is 0 Å². The molecule has 3 heterocycles. The topological polar surface area (TPSA) is 117 Å². The second-order valence-electron chi connectivity index (χ2n) is 8.22. The van der Waals surface area contributed by atoms with Crippen molar-refractivity contribution >= 4 is 40.8 Å². The SMILES string of the molecule is CCOC(=O)C1=C(C)N=c2s/c(=C/c3ccc(Sc4ccccc4)o3)c(=O)n2[C@H]1c1ccc([N+](=O)[O-])cc1. The van der Waals surface area contributed by atoms with Crippen LogP contribution in [0.25, 0.3) is 6.08 Å². The molecule has 1 atom stereocenters. The van der Waals surface area contributed by atoms with Crippen molar-refractivity contribution in [1.82, 2.24) is 4.57 Å². The highest BCUT2D eigenvalue weighted by Crippen LogP contribution is 2.32. The Morgan fingerprint density at radius 2 is 1.92 bits per heavy atom. The molecule has 1 aliphatic rings. The lowest BCUT2D eigenvalue weighted by molar-refractivity contribution is -0.384. The first-order valence-corrected chi connectivity index (χ1v) is 13.3. The van der Waals surface area contributed by atoms with Crippen LogP contribution in [0.4, 0.5) is 5.69 Å². The lowest BCUT2D eigenvalue weighted by Gasteiger charge is -2.24. The molecule has 0 bridgehead atoms. The Bertz CT molecular complexity index is 1730. The molecule has 0 spiro atoms. The number of fused-ring (bicyclic) bond motifs is 1. The van der Waals surface area contributed by atoms with Crippen molar-refractivity contribution in [1.29, 1.82) is 0 Å². The Kier molecular flexibility index (Phi) is 7.12. The van der Waals surface area contributed by atoms with Crippen LogP contribution in [0.5, 0.6) is 0 Å². The van der Waals surface area contributed by atoms with Crippen LogP contribution in [0.15, 0.2) is 102 Å². The van der Waals surface area contributed by atoms with Gasteiger partial charge in [0, 0.05) is 23.1 Å². The molecular weight excluding hydrogens is 526 g/mol. The van der Waals surface area contributed by atoms with Crippen LogP contribution in [-0.2, 0) is 9.53 Å². The summed E-state index contributed by atoms with van der Waals surface area (Å²) in [7, 11) is 0. The normalized spacial score (nSPS) is 15.2. The third-order valence-corrected chi connectivity index (χ3v) is 7.69. The summed E-state index contributed by atoms with van der Waals surface area (Å²) in [5.74, 6) is -0.0955. The Labute approximate surface area is 224 Å². The molecule has 5 rings (SSSR count). The van der Waals surface area contributed by atoms with Gasteiger partial charge < -0.3 is 9.15 Å². The number of nitro groups is 1. The smallest absolute Gasteiger partial charge is 0.338 e. The van der Waals surface area contributed by atoms with Gasteiger partial charge in [0.15, 0.2) is 9.89 Å². The van der Waals surface area contributed by atoms with E-state index in [1.54, 1.807) is 26.0 Å². The number of esters is 1. The minimum Gasteiger partial charge on any atom is -0.463 e. The quantitative estimate of drug-likeness (QED) is 0.191. The van der Waals surface area contributed by atoms with Gasteiger partial charge in [0.1, 0.15) is 5.76 Å². The molecule has 0 amide bonds. The molecule has 2 aromatic heterocycles. The number of benzene rings is 2. The maximum absolute atomic E-state index is 13.7. The zero-order chi connectivity index (χ0) is 26.8. The van der Waals surface area contributed by atoms with E-state index in [0.717, 1.165) is 4.90 Å². The fourth-order valence-corrected chi connectivity index (χ4v) is 5.91. The molecule has 38 heavy (non-hydrogen) atoms.